The fraction of sp³-hybridized carbons (Fsp3) is 0.714. The molecule has 0 aliphatic heterocycles. The number of hydrogen-bond donors (Lipinski definition) is 0. The number of carbonyl (C=O) groups is 2. The van der Waals surface area contributed by atoms with E-state index in [1.165, 1.54) is 148 Å². The minimum absolute atomic E-state index is 0.0349. The van der Waals surface area contributed by atoms with Crippen LogP contribution in [-0.4, -0.2) is 70.0 Å². The predicted molar refractivity (Wildman–Crippen MR) is 342 cm³/mol. The monoisotopic (exact) mass is 1140 g/mol. The van der Waals surface area contributed by atoms with Crippen LogP contribution in [0.5, 0.6) is 0 Å². The van der Waals surface area contributed by atoms with E-state index in [0.717, 1.165) is 89.9 Å². The van der Waals surface area contributed by atoms with E-state index in [1.54, 1.807) is 0 Å². The second kappa shape index (κ2) is 60.3. The standard InChI is InChI=1S/C70H122NO8P/c1-6-8-10-12-14-16-18-20-22-24-26-27-28-29-30-31-32-33-34-35-36-37-38-39-40-41-42-43-45-47-49-51-53-55-57-59-61-63-70(73)79-68(67-78-80(74,75)77-65-64-71(3,4)5)66-76-69(72)62-60-58-56-54-52-50-48-46-44-25-23-21-19-17-15-13-11-9-7-2/h8,10,14,16,20-23,26-27,29-30,32-33,35-36,38-39,68H,6-7,9,11-13,15,17-19,24-25,28,31,34,37,40-67H2,1-5H3/b10-8-,16-14-,22-20-,23-21-,27-26-,30-29-,33-32-,36-35-,39-38-. The molecule has 0 fully saturated rings. The van der Waals surface area contributed by atoms with Crippen LogP contribution >= 0.6 is 7.82 Å². The normalized spacial score (nSPS) is 13.9. The highest BCUT2D eigenvalue weighted by atomic mass is 31.2. The van der Waals surface area contributed by atoms with Crippen molar-refractivity contribution in [1.82, 2.24) is 0 Å². The maximum atomic E-state index is 12.8. The topological polar surface area (TPSA) is 111 Å². The molecule has 0 radical (unpaired) electrons. The van der Waals surface area contributed by atoms with Crippen LogP contribution in [0.1, 0.15) is 271 Å². The van der Waals surface area contributed by atoms with Gasteiger partial charge >= 0.3 is 11.9 Å². The number of rotatable bonds is 59. The van der Waals surface area contributed by atoms with Gasteiger partial charge in [-0.15, -0.1) is 0 Å². The van der Waals surface area contributed by atoms with Gasteiger partial charge in [0.2, 0.25) is 0 Å². The lowest BCUT2D eigenvalue weighted by Gasteiger charge is -2.28. The van der Waals surface area contributed by atoms with E-state index in [9.17, 15) is 19.0 Å². The van der Waals surface area contributed by atoms with E-state index in [4.69, 9.17) is 18.5 Å². The van der Waals surface area contributed by atoms with Crippen molar-refractivity contribution in [3.8, 4) is 0 Å². The summed E-state index contributed by atoms with van der Waals surface area (Å²) in [6, 6.07) is 0. The first-order chi connectivity index (χ1) is 39.0. The van der Waals surface area contributed by atoms with E-state index in [-0.39, 0.29) is 32.0 Å². The number of allylic oxidation sites excluding steroid dienone is 18. The van der Waals surface area contributed by atoms with Gasteiger partial charge in [-0.05, 0) is 103 Å². The molecule has 0 aromatic heterocycles. The van der Waals surface area contributed by atoms with E-state index >= 15 is 0 Å². The molecule has 0 aliphatic carbocycles. The largest absolute Gasteiger partial charge is 0.756 e. The highest BCUT2D eigenvalue weighted by Gasteiger charge is 2.22. The average Bonchev–Trinajstić information content (AvgIpc) is 3.42. The molecule has 0 amide bonds. The zero-order valence-corrected chi connectivity index (χ0v) is 53.1. The summed E-state index contributed by atoms with van der Waals surface area (Å²) in [6.07, 6.45) is 84.3. The molecule has 0 N–H and O–H groups in total. The Kier molecular flexibility index (Phi) is 57.8. The van der Waals surface area contributed by atoms with Crippen molar-refractivity contribution in [2.75, 3.05) is 47.5 Å². The van der Waals surface area contributed by atoms with Gasteiger partial charge in [0.25, 0.3) is 7.82 Å². The second-order valence-corrected chi connectivity index (χ2v) is 24.2. The molecule has 0 aromatic carbocycles. The third-order valence-electron chi connectivity index (χ3n) is 13.8. The van der Waals surface area contributed by atoms with Gasteiger partial charge in [0.15, 0.2) is 6.10 Å². The summed E-state index contributed by atoms with van der Waals surface area (Å²) in [7, 11) is 1.16. The Bertz CT molecular complexity index is 1720. The molecule has 460 valence electrons. The molecule has 0 heterocycles. The molecular weight excluding hydrogens is 1010 g/mol. The Hall–Kier alpha value is -3.33. The van der Waals surface area contributed by atoms with Gasteiger partial charge in [-0.25, -0.2) is 0 Å². The quantitative estimate of drug-likeness (QED) is 0.0195. The van der Waals surface area contributed by atoms with Gasteiger partial charge in [-0.2, -0.15) is 0 Å². The second-order valence-electron chi connectivity index (χ2n) is 22.7. The number of carbonyl (C=O) groups excluding carboxylic acids is 2. The molecule has 0 aromatic rings. The van der Waals surface area contributed by atoms with Crippen molar-refractivity contribution >= 4 is 19.8 Å². The number of phosphoric acid groups is 1. The van der Waals surface area contributed by atoms with Crippen LogP contribution in [0.4, 0.5) is 0 Å². The van der Waals surface area contributed by atoms with Gasteiger partial charge in [0.05, 0.1) is 27.7 Å². The lowest BCUT2D eigenvalue weighted by atomic mass is 10.0. The number of hydrogen-bond acceptors (Lipinski definition) is 8. The molecule has 80 heavy (non-hydrogen) atoms. The molecule has 0 spiro atoms. The van der Waals surface area contributed by atoms with Gasteiger partial charge in [0, 0.05) is 12.8 Å². The average molecular weight is 1140 g/mol. The highest BCUT2D eigenvalue weighted by molar-refractivity contribution is 7.45. The van der Waals surface area contributed by atoms with E-state index < -0.39 is 26.5 Å². The number of phosphoric ester groups is 1. The van der Waals surface area contributed by atoms with E-state index in [2.05, 4.69) is 123 Å². The molecule has 0 saturated heterocycles. The predicted octanol–water partition coefficient (Wildman–Crippen LogP) is 20.3. The molecule has 0 saturated carbocycles. The fourth-order valence-corrected chi connectivity index (χ4v) is 9.51. The summed E-state index contributed by atoms with van der Waals surface area (Å²) < 4.78 is 34.2. The van der Waals surface area contributed by atoms with Crippen LogP contribution in [0.15, 0.2) is 109 Å². The molecule has 10 heteroatoms. The zero-order chi connectivity index (χ0) is 58.4. The smallest absolute Gasteiger partial charge is 0.306 e. The number of likely N-dealkylation sites (N-methyl/N-ethyl adjacent to an activating group) is 1. The molecule has 0 bridgehead atoms. The number of unbranched alkanes of at least 4 members (excludes halogenated alkanes) is 27. The van der Waals surface area contributed by atoms with Crippen LogP contribution in [0, 0.1) is 0 Å². The van der Waals surface area contributed by atoms with Crippen LogP contribution in [0.3, 0.4) is 0 Å². The molecule has 0 aliphatic rings. The Morgan fingerprint density at radius 3 is 1.07 bits per heavy atom. The van der Waals surface area contributed by atoms with Crippen molar-refractivity contribution in [3.63, 3.8) is 0 Å². The third kappa shape index (κ3) is 63.8. The number of nitrogens with zero attached hydrogens (tertiary/aromatic N) is 1. The lowest BCUT2D eigenvalue weighted by Crippen LogP contribution is -2.37. The van der Waals surface area contributed by atoms with E-state index in [0.29, 0.717) is 17.4 Å². The summed E-state index contributed by atoms with van der Waals surface area (Å²) in [5.74, 6) is -0.836. The van der Waals surface area contributed by atoms with Crippen molar-refractivity contribution in [2.24, 2.45) is 0 Å². The maximum absolute atomic E-state index is 12.8. The molecule has 2 atom stereocenters. The summed E-state index contributed by atoms with van der Waals surface area (Å²) in [6.45, 7) is 4.13. The Balaban J connectivity index is 4.08. The minimum atomic E-state index is -4.64. The molecule has 9 nitrogen and oxygen atoms in total. The summed E-state index contributed by atoms with van der Waals surface area (Å²) in [4.78, 5) is 38.0. The van der Waals surface area contributed by atoms with Gasteiger partial charge in [0.1, 0.15) is 19.8 Å². The molecule has 0 rings (SSSR count). The molecular formula is C70H122NO8P. The Labute approximate surface area is 493 Å². The van der Waals surface area contributed by atoms with E-state index in [1.807, 2.05) is 21.1 Å². The number of esters is 2. The van der Waals surface area contributed by atoms with Crippen LogP contribution in [0.2, 0.25) is 0 Å². The van der Waals surface area contributed by atoms with Crippen molar-refractivity contribution in [2.45, 2.75) is 277 Å². The van der Waals surface area contributed by atoms with Crippen molar-refractivity contribution < 1.29 is 42.1 Å². The number of quaternary nitrogens is 1. The summed E-state index contributed by atoms with van der Waals surface area (Å²) >= 11 is 0. The first kappa shape index (κ1) is 76.7. The summed E-state index contributed by atoms with van der Waals surface area (Å²) in [5, 5.41) is 0. The summed E-state index contributed by atoms with van der Waals surface area (Å²) in [5.41, 5.74) is 0. The van der Waals surface area contributed by atoms with Crippen LogP contribution in [-0.2, 0) is 32.7 Å². The molecule has 2 unspecified atom stereocenters. The first-order valence-electron chi connectivity index (χ1n) is 32.6. The van der Waals surface area contributed by atoms with Gasteiger partial charge in [-0.1, -0.05) is 264 Å². The van der Waals surface area contributed by atoms with Crippen LogP contribution < -0.4 is 4.89 Å². The zero-order valence-electron chi connectivity index (χ0n) is 52.2. The highest BCUT2D eigenvalue weighted by Crippen LogP contribution is 2.38. The van der Waals surface area contributed by atoms with Crippen molar-refractivity contribution in [1.29, 1.82) is 0 Å². The maximum Gasteiger partial charge on any atom is 0.306 e. The van der Waals surface area contributed by atoms with Crippen LogP contribution in [0.25, 0.3) is 0 Å². The van der Waals surface area contributed by atoms with Gasteiger partial charge in [-0.3, -0.25) is 14.2 Å². The number of ether oxygens (including phenoxy) is 2. The first-order valence-corrected chi connectivity index (χ1v) is 34.1. The fourth-order valence-electron chi connectivity index (χ4n) is 8.79. The Morgan fingerprint density at radius 2 is 0.713 bits per heavy atom. The Morgan fingerprint density at radius 1 is 0.400 bits per heavy atom. The SMILES string of the molecule is CC/C=C\C/C=C\C/C=C\C/C=C\C/C=C\C/C=C\C/C=C\C/C=C\CCCCCCCCCCCCCCC(=O)OC(COC(=O)CCCCCCCCCCC/C=C\CCCCCCCC)COP(=O)([O-])OCC[N+](C)(C)C. The lowest BCUT2D eigenvalue weighted by molar-refractivity contribution is -0.870. The minimum Gasteiger partial charge on any atom is -0.756 e. The third-order valence-corrected chi connectivity index (χ3v) is 14.7. The van der Waals surface area contributed by atoms with Gasteiger partial charge < -0.3 is 27.9 Å². The van der Waals surface area contributed by atoms with Crippen molar-refractivity contribution in [3.05, 3.63) is 109 Å².